The summed E-state index contributed by atoms with van der Waals surface area (Å²) in [6.07, 6.45) is 3.82. The van der Waals surface area contributed by atoms with Crippen LogP contribution in [-0.4, -0.2) is 11.2 Å². The number of aryl methyl sites for hydroxylation is 2. The zero-order valence-electron chi connectivity index (χ0n) is 19.8. The van der Waals surface area contributed by atoms with Crippen LogP contribution in [0.2, 0.25) is 0 Å². The quantitative estimate of drug-likeness (QED) is 0.413. The van der Waals surface area contributed by atoms with E-state index in [2.05, 4.69) is 67.6 Å². The largest absolute Gasteiger partial charge is 0.494 e. The Morgan fingerprint density at radius 2 is 1.80 bits per heavy atom. The van der Waals surface area contributed by atoms with Gasteiger partial charge in [0, 0.05) is 5.56 Å². The standard InChI is InChI=1S/C30H26N2O2S/c1-3-34-23-15-12-22(13-16-23)28-25-17-14-21-6-4-5-7-24(21)27(25)31-30-32(28)29(33)26(35-30)18-20-10-8-19(2)9-11-20/h4-13,15-16,18,28H,3,14,17H2,1-2H3. The predicted octanol–water partition coefficient (Wildman–Crippen LogP) is 5.03. The van der Waals surface area contributed by atoms with Crippen molar-refractivity contribution in [1.29, 1.82) is 0 Å². The lowest BCUT2D eigenvalue weighted by atomic mass is 9.83. The van der Waals surface area contributed by atoms with Crippen LogP contribution in [0.5, 0.6) is 5.75 Å². The van der Waals surface area contributed by atoms with Crippen LogP contribution in [0.15, 0.2) is 88.2 Å². The molecule has 1 atom stereocenters. The smallest absolute Gasteiger partial charge is 0.271 e. The first-order chi connectivity index (χ1) is 17.1. The summed E-state index contributed by atoms with van der Waals surface area (Å²) in [7, 11) is 0. The van der Waals surface area contributed by atoms with Gasteiger partial charge >= 0.3 is 0 Å². The molecule has 0 saturated carbocycles. The summed E-state index contributed by atoms with van der Waals surface area (Å²) in [5, 5.41) is 0. The Bertz CT molecular complexity index is 1620. The van der Waals surface area contributed by atoms with Crippen LogP contribution in [0, 0.1) is 6.92 Å². The van der Waals surface area contributed by atoms with Crippen molar-refractivity contribution in [3.05, 3.63) is 126 Å². The fourth-order valence-electron chi connectivity index (χ4n) is 5.05. The Hall–Kier alpha value is -3.70. The van der Waals surface area contributed by atoms with Crippen LogP contribution in [0.4, 0.5) is 0 Å². The molecule has 0 spiro atoms. The van der Waals surface area contributed by atoms with Crippen LogP contribution >= 0.6 is 11.3 Å². The number of fused-ring (bicyclic) bond motifs is 3. The Balaban J connectivity index is 1.58. The molecule has 0 radical (unpaired) electrons. The Morgan fingerprint density at radius 1 is 1.03 bits per heavy atom. The number of thiazole rings is 1. The van der Waals surface area contributed by atoms with E-state index in [0.717, 1.165) is 40.2 Å². The third-order valence-corrected chi connectivity index (χ3v) is 7.74. The normalized spacial score (nSPS) is 16.9. The van der Waals surface area contributed by atoms with E-state index >= 15 is 0 Å². The average Bonchev–Trinajstić information content (AvgIpc) is 3.19. The number of hydrogen-bond acceptors (Lipinski definition) is 4. The van der Waals surface area contributed by atoms with Gasteiger partial charge in [-0.3, -0.25) is 9.36 Å². The number of nitrogens with zero attached hydrogens (tertiary/aromatic N) is 2. The number of hydrogen-bond donors (Lipinski definition) is 0. The first-order valence-electron chi connectivity index (χ1n) is 12.0. The third-order valence-electron chi connectivity index (χ3n) is 6.75. The molecular weight excluding hydrogens is 452 g/mol. The van der Waals surface area contributed by atoms with E-state index in [4.69, 9.17) is 9.73 Å². The number of allylic oxidation sites excluding steroid dienone is 1. The molecule has 3 aromatic carbocycles. The van der Waals surface area contributed by atoms with Gasteiger partial charge in [0.15, 0.2) is 4.80 Å². The zero-order chi connectivity index (χ0) is 23.9. The highest BCUT2D eigenvalue weighted by atomic mass is 32.1. The highest BCUT2D eigenvalue weighted by Crippen LogP contribution is 2.41. The molecule has 0 saturated heterocycles. The summed E-state index contributed by atoms with van der Waals surface area (Å²) in [5.41, 5.74) is 8.05. The highest BCUT2D eigenvalue weighted by Gasteiger charge is 2.32. The molecule has 0 N–H and O–H groups in total. The minimum Gasteiger partial charge on any atom is -0.494 e. The van der Waals surface area contributed by atoms with E-state index in [9.17, 15) is 4.79 Å². The molecule has 4 nitrogen and oxygen atoms in total. The first kappa shape index (κ1) is 21.8. The van der Waals surface area contributed by atoms with Gasteiger partial charge in [-0.2, -0.15) is 0 Å². The number of rotatable bonds is 4. The summed E-state index contributed by atoms with van der Waals surface area (Å²) in [4.78, 5) is 19.6. The van der Waals surface area contributed by atoms with Gasteiger partial charge in [0.05, 0.1) is 22.9 Å². The Morgan fingerprint density at radius 3 is 2.57 bits per heavy atom. The van der Waals surface area contributed by atoms with Crippen molar-refractivity contribution in [2.45, 2.75) is 32.7 Å². The lowest BCUT2D eigenvalue weighted by Gasteiger charge is -2.30. The van der Waals surface area contributed by atoms with Crippen molar-refractivity contribution in [2.75, 3.05) is 6.61 Å². The molecule has 174 valence electrons. The summed E-state index contributed by atoms with van der Waals surface area (Å²) in [6.45, 7) is 4.67. The molecular formula is C30H26N2O2S. The summed E-state index contributed by atoms with van der Waals surface area (Å²) < 4.78 is 8.27. The van der Waals surface area contributed by atoms with Gasteiger partial charge in [-0.1, -0.05) is 77.6 Å². The minimum atomic E-state index is -0.176. The van der Waals surface area contributed by atoms with Crippen LogP contribution in [0.25, 0.3) is 11.8 Å². The maximum absolute atomic E-state index is 13.8. The zero-order valence-corrected chi connectivity index (χ0v) is 20.6. The SMILES string of the molecule is CCOc1ccc(C2C3=C(N=c4sc(=Cc5ccc(C)cc5)c(=O)n42)c2ccccc2CC3)cc1. The van der Waals surface area contributed by atoms with E-state index in [1.807, 2.05) is 29.7 Å². The van der Waals surface area contributed by atoms with Gasteiger partial charge in [0.1, 0.15) is 5.75 Å². The van der Waals surface area contributed by atoms with Gasteiger partial charge in [-0.05, 0) is 67.2 Å². The summed E-state index contributed by atoms with van der Waals surface area (Å²) >= 11 is 1.47. The number of benzene rings is 3. The monoisotopic (exact) mass is 478 g/mol. The maximum atomic E-state index is 13.8. The second kappa shape index (κ2) is 8.82. The van der Waals surface area contributed by atoms with E-state index in [-0.39, 0.29) is 11.6 Å². The molecule has 2 heterocycles. The van der Waals surface area contributed by atoms with Crippen molar-refractivity contribution in [1.82, 2.24) is 4.57 Å². The summed E-state index contributed by atoms with van der Waals surface area (Å²) in [5.74, 6) is 0.839. The maximum Gasteiger partial charge on any atom is 0.271 e. The first-order valence-corrected chi connectivity index (χ1v) is 12.9. The molecule has 4 aromatic rings. The molecule has 0 bridgehead atoms. The second-order valence-corrected chi connectivity index (χ2v) is 10.0. The average molecular weight is 479 g/mol. The van der Waals surface area contributed by atoms with E-state index in [0.29, 0.717) is 11.1 Å². The Labute approximate surface area is 208 Å². The molecule has 1 unspecified atom stereocenters. The Kier molecular flexibility index (Phi) is 5.50. The molecule has 5 heteroatoms. The number of ether oxygens (including phenoxy) is 1. The molecule has 1 aliphatic carbocycles. The molecule has 2 aliphatic rings. The van der Waals surface area contributed by atoms with Crippen molar-refractivity contribution in [3.63, 3.8) is 0 Å². The van der Waals surface area contributed by atoms with Gasteiger partial charge < -0.3 is 4.74 Å². The van der Waals surface area contributed by atoms with Crippen LogP contribution in [0.1, 0.15) is 47.2 Å². The van der Waals surface area contributed by atoms with E-state index in [1.165, 1.54) is 33.6 Å². The summed E-state index contributed by atoms with van der Waals surface area (Å²) in [6, 6.07) is 24.8. The topological polar surface area (TPSA) is 43.6 Å². The highest BCUT2D eigenvalue weighted by molar-refractivity contribution is 7.07. The van der Waals surface area contributed by atoms with E-state index in [1.54, 1.807) is 0 Å². The van der Waals surface area contributed by atoms with Crippen LogP contribution in [-0.2, 0) is 6.42 Å². The molecule has 6 rings (SSSR count). The van der Waals surface area contributed by atoms with Crippen LogP contribution < -0.4 is 19.6 Å². The molecule has 0 amide bonds. The van der Waals surface area contributed by atoms with E-state index < -0.39 is 0 Å². The minimum absolute atomic E-state index is 0.0126. The second-order valence-electron chi connectivity index (χ2n) is 9.03. The molecule has 1 aromatic heterocycles. The van der Waals surface area contributed by atoms with Gasteiger partial charge in [-0.25, -0.2) is 4.99 Å². The van der Waals surface area contributed by atoms with Crippen molar-refractivity contribution < 1.29 is 4.74 Å². The molecule has 1 aliphatic heterocycles. The molecule has 35 heavy (non-hydrogen) atoms. The molecule has 0 fully saturated rings. The van der Waals surface area contributed by atoms with Gasteiger partial charge in [0.2, 0.25) is 0 Å². The lowest BCUT2D eigenvalue weighted by Crippen LogP contribution is -2.38. The van der Waals surface area contributed by atoms with Gasteiger partial charge in [0.25, 0.3) is 5.56 Å². The van der Waals surface area contributed by atoms with Crippen molar-refractivity contribution >= 4 is 23.1 Å². The predicted molar refractivity (Wildman–Crippen MR) is 142 cm³/mol. The number of aromatic nitrogens is 1. The van der Waals surface area contributed by atoms with Crippen molar-refractivity contribution in [2.24, 2.45) is 4.99 Å². The van der Waals surface area contributed by atoms with Crippen molar-refractivity contribution in [3.8, 4) is 5.75 Å². The third kappa shape index (κ3) is 3.86. The van der Waals surface area contributed by atoms with Crippen LogP contribution in [0.3, 0.4) is 0 Å². The lowest BCUT2D eigenvalue weighted by molar-refractivity contribution is 0.340. The fraction of sp³-hybridized carbons (Fsp3) is 0.200. The fourth-order valence-corrected chi connectivity index (χ4v) is 6.05. The van der Waals surface area contributed by atoms with Gasteiger partial charge in [-0.15, -0.1) is 0 Å².